The molecule has 1 unspecified atom stereocenters. The minimum atomic E-state index is -0.607. The maximum absolute atomic E-state index is 12.8. The molecule has 24 heavy (non-hydrogen) atoms. The topological polar surface area (TPSA) is 67.2 Å². The zero-order valence-electron chi connectivity index (χ0n) is 13.6. The van der Waals surface area contributed by atoms with Gasteiger partial charge in [-0.15, -0.1) is 0 Å². The molecule has 1 atom stereocenters. The summed E-state index contributed by atoms with van der Waals surface area (Å²) in [4.78, 5) is 26.8. The third kappa shape index (κ3) is 3.01. The molecule has 6 nitrogen and oxygen atoms in total. The lowest BCUT2D eigenvalue weighted by Gasteiger charge is -2.33. The van der Waals surface area contributed by atoms with Crippen LogP contribution in [0.15, 0.2) is 30.3 Å². The third-order valence-corrected chi connectivity index (χ3v) is 4.40. The summed E-state index contributed by atoms with van der Waals surface area (Å²) in [6.45, 7) is 4.30. The Hall–Kier alpha value is -2.34. The van der Waals surface area contributed by atoms with Crippen LogP contribution >= 0.6 is 11.6 Å². The molecule has 1 aromatic heterocycles. The minimum absolute atomic E-state index is 0.0661. The number of para-hydroxylation sites is 1. The van der Waals surface area contributed by atoms with Gasteiger partial charge in [-0.1, -0.05) is 30.7 Å². The molecule has 2 aromatic rings. The van der Waals surface area contributed by atoms with Crippen molar-refractivity contribution < 1.29 is 9.59 Å². The van der Waals surface area contributed by atoms with Gasteiger partial charge in [0.25, 0.3) is 0 Å². The monoisotopic (exact) mass is 346 g/mol. The predicted octanol–water partition coefficient (Wildman–Crippen LogP) is 3.00. The van der Waals surface area contributed by atoms with Crippen molar-refractivity contribution in [3.05, 3.63) is 41.0 Å². The lowest BCUT2D eigenvalue weighted by Crippen LogP contribution is -2.50. The molecular formula is C17H19ClN4O2. The molecule has 0 bridgehead atoms. The SMILES string of the molecule is CCC(C(=O)Nc1ccccc1Cl)N1C(=O)CCn2nc(C)cc21. The third-order valence-electron chi connectivity index (χ3n) is 4.07. The largest absolute Gasteiger partial charge is 0.323 e. The molecular weight excluding hydrogens is 328 g/mol. The summed E-state index contributed by atoms with van der Waals surface area (Å²) in [5.41, 5.74) is 1.36. The Kier molecular flexibility index (Phi) is 4.57. The number of carbonyl (C=O) groups is 2. The molecule has 0 saturated carbocycles. The van der Waals surface area contributed by atoms with E-state index in [1.54, 1.807) is 33.8 Å². The summed E-state index contributed by atoms with van der Waals surface area (Å²) in [6.07, 6.45) is 0.830. The van der Waals surface area contributed by atoms with Crippen molar-refractivity contribution in [2.45, 2.75) is 39.3 Å². The van der Waals surface area contributed by atoms with Gasteiger partial charge in [-0.2, -0.15) is 5.10 Å². The average molecular weight is 347 g/mol. The first kappa shape index (κ1) is 16.5. The van der Waals surface area contributed by atoms with Gasteiger partial charge in [0.05, 0.1) is 22.9 Å². The maximum Gasteiger partial charge on any atom is 0.247 e. The number of aryl methyl sites for hydroxylation is 2. The lowest BCUT2D eigenvalue weighted by molar-refractivity contribution is -0.124. The van der Waals surface area contributed by atoms with Gasteiger partial charge < -0.3 is 5.32 Å². The molecule has 0 fully saturated rings. The molecule has 0 spiro atoms. The molecule has 1 aliphatic heterocycles. The molecule has 0 aliphatic carbocycles. The second kappa shape index (κ2) is 6.65. The quantitative estimate of drug-likeness (QED) is 0.925. The Morgan fingerprint density at radius 2 is 2.17 bits per heavy atom. The Morgan fingerprint density at radius 1 is 1.42 bits per heavy atom. The van der Waals surface area contributed by atoms with Crippen molar-refractivity contribution >= 4 is 34.9 Å². The van der Waals surface area contributed by atoms with Gasteiger partial charge in [0.15, 0.2) is 0 Å². The van der Waals surface area contributed by atoms with Crippen LogP contribution in [0, 0.1) is 6.92 Å². The Morgan fingerprint density at radius 3 is 2.88 bits per heavy atom. The summed E-state index contributed by atoms with van der Waals surface area (Å²) in [5, 5.41) is 7.67. The van der Waals surface area contributed by atoms with E-state index in [4.69, 9.17) is 11.6 Å². The first-order valence-electron chi connectivity index (χ1n) is 7.93. The summed E-state index contributed by atoms with van der Waals surface area (Å²) in [7, 11) is 0. The van der Waals surface area contributed by atoms with Crippen LogP contribution in [-0.4, -0.2) is 27.6 Å². The number of nitrogens with zero attached hydrogens (tertiary/aromatic N) is 3. The minimum Gasteiger partial charge on any atom is -0.323 e. The number of fused-ring (bicyclic) bond motifs is 1. The second-order valence-corrected chi connectivity index (χ2v) is 6.18. The van der Waals surface area contributed by atoms with Gasteiger partial charge in [0, 0.05) is 12.5 Å². The van der Waals surface area contributed by atoms with E-state index in [0.717, 1.165) is 5.69 Å². The molecule has 3 rings (SSSR count). The normalized spacial score (nSPS) is 15.1. The van der Waals surface area contributed by atoms with Crippen LogP contribution < -0.4 is 10.2 Å². The van der Waals surface area contributed by atoms with E-state index in [0.29, 0.717) is 35.9 Å². The first-order chi connectivity index (χ1) is 11.5. The van der Waals surface area contributed by atoms with Gasteiger partial charge in [-0.3, -0.25) is 14.5 Å². The molecule has 2 amide bonds. The zero-order chi connectivity index (χ0) is 17.3. The lowest BCUT2D eigenvalue weighted by atomic mass is 10.1. The van der Waals surface area contributed by atoms with E-state index in [-0.39, 0.29) is 11.8 Å². The summed E-state index contributed by atoms with van der Waals surface area (Å²) < 4.78 is 1.78. The number of benzene rings is 1. The molecule has 1 N–H and O–H groups in total. The van der Waals surface area contributed by atoms with Crippen molar-refractivity contribution in [1.29, 1.82) is 0 Å². The maximum atomic E-state index is 12.8. The fourth-order valence-electron chi connectivity index (χ4n) is 2.94. The Bertz CT molecular complexity index is 787. The Balaban J connectivity index is 1.89. The average Bonchev–Trinajstić information content (AvgIpc) is 2.93. The smallest absolute Gasteiger partial charge is 0.247 e. The van der Waals surface area contributed by atoms with Gasteiger partial charge in [-0.05, 0) is 25.5 Å². The highest BCUT2D eigenvalue weighted by Gasteiger charge is 2.35. The number of rotatable bonds is 4. The van der Waals surface area contributed by atoms with E-state index in [1.807, 2.05) is 19.9 Å². The molecule has 126 valence electrons. The Labute approximate surface area is 145 Å². The van der Waals surface area contributed by atoms with Crippen LogP contribution in [0.4, 0.5) is 11.5 Å². The number of aromatic nitrogens is 2. The van der Waals surface area contributed by atoms with Crippen LogP contribution in [0.3, 0.4) is 0 Å². The van der Waals surface area contributed by atoms with Crippen LogP contribution in [0.25, 0.3) is 0 Å². The van der Waals surface area contributed by atoms with Crippen LogP contribution in [0.1, 0.15) is 25.5 Å². The van der Waals surface area contributed by atoms with E-state index >= 15 is 0 Å². The molecule has 0 saturated heterocycles. The standard InChI is InChI=1S/C17H19ClN4O2/c1-3-14(17(24)19-13-7-5-4-6-12(13)18)22-15-10-11(2)20-21(15)9-8-16(22)23/h4-7,10,14H,3,8-9H2,1-2H3,(H,19,24). The number of anilines is 2. The fourth-order valence-corrected chi connectivity index (χ4v) is 3.12. The molecule has 1 aromatic carbocycles. The number of carbonyl (C=O) groups excluding carboxylic acids is 2. The van der Waals surface area contributed by atoms with Crippen molar-refractivity contribution in [3.8, 4) is 0 Å². The fraction of sp³-hybridized carbons (Fsp3) is 0.353. The zero-order valence-corrected chi connectivity index (χ0v) is 14.4. The number of hydrogen-bond acceptors (Lipinski definition) is 3. The van der Waals surface area contributed by atoms with Crippen molar-refractivity contribution in [3.63, 3.8) is 0 Å². The summed E-state index contributed by atoms with van der Waals surface area (Å²) in [6, 6.07) is 8.27. The molecule has 2 heterocycles. The molecule has 7 heteroatoms. The summed E-state index contributed by atoms with van der Waals surface area (Å²) in [5.74, 6) is 0.347. The van der Waals surface area contributed by atoms with Crippen LogP contribution in [-0.2, 0) is 16.1 Å². The van der Waals surface area contributed by atoms with Crippen molar-refractivity contribution in [2.24, 2.45) is 0 Å². The highest BCUT2D eigenvalue weighted by molar-refractivity contribution is 6.33. The van der Waals surface area contributed by atoms with Gasteiger partial charge >= 0.3 is 0 Å². The molecule has 1 aliphatic rings. The number of amides is 2. The van der Waals surface area contributed by atoms with Crippen LogP contribution in [0.2, 0.25) is 5.02 Å². The second-order valence-electron chi connectivity index (χ2n) is 5.77. The van der Waals surface area contributed by atoms with Gasteiger partial charge in [-0.25, -0.2) is 4.68 Å². The van der Waals surface area contributed by atoms with Gasteiger partial charge in [0.2, 0.25) is 11.8 Å². The highest BCUT2D eigenvalue weighted by atomic mass is 35.5. The number of hydrogen-bond donors (Lipinski definition) is 1. The predicted molar refractivity (Wildman–Crippen MR) is 93.2 cm³/mol. The van der Waals surface area contributed by atoms with Crippen LogP contribution in [0.5, 0.6) is 0 Å². The van der Waals surface area contributed by atoms with E-state index in [1.165, 1.54) is 0 Å². The van der Waals surface area contributed by atoms with Crippen molar-refractivity contribution in [2.75, 3.05) is 10.2 Å². The van der Waals surface area contributed by atoms with Gasteiger partial charge in [0.1, 0.15) is 11.9 Å². The molecule has 0 radical (unpaired) electrons. The van der Waals surface area contributed by atoms with Crippen molar-refractivity contribution in [1.82, 2.24) is 9.78 Å². The van der Waals surface area contributed by atoms with E-state index < -0.39 is 6.04 Å². The first-order valence-corrected chi connectivity index (χ1v) is 8.31. The van der Waals surface area contributed by atoms with E-state index in [2.05, 4.69) is 10.4 Å². The summed E-state index contributed by atoms with van der Waals surface area (Å²) >= 11 is 6.11. The number of halogens is 1. The highest BCUT2D eigenvalue weighted by Crippen LogP contribution is 2.27. The van der Waals surface area contributed by atoms with E-state index in [9.17, 15) is 9.59 Å². The number of nitrogens with one attached hydrogen (secondary N) is 1.